The van der Waals surface area contributed by atoms with Gasteiger partial charge in [-0.2, -0.15) is 0 Å². The molecule has 0 spiro atoms. The number of esters is 1. The minimum absolute atomic E-state index is 0.0677. The van der Waals surface area contributed by atoms with Crippen LogP contribution in [0.25, 0.3) is 11.1 Å². The van der Waals surface area contributed by atoms with Gasteiger partial charge >= 0.3 is 5.97 Å². The van der Waals surface area contributed by atoms with Crippen LogP contribution in [0.15, 0.2) is 46.9 Å². The lowest BCUT2D eigenvalue weighted by Gasteiger charge is -2.15. The topological polar surface area (TPSA) is 90.7 Å². The van der Waals surface area contributed by atoms with Gasteiger partial charge in [-0.15, -0.1) is 0 Å². The fourth-order valence-electron chi connectivity index (χ4n) is 2.70. The van der Waals surface area contributed by atoms with Crippen LogP contribution in [0.5, 0.6) is 5.75 Å². The fraction of sp³-hybridized carbons (Fsp3) is 0.286. The zero-order valence-corrected chi connectivity index (χ0v) is 16.0. The summed E-state index contributed by atoms with van der Waals surface area (Å²) in [5.41, 5.74) is 2.91. The molecule has 1 atom stereocenters. The van der Waals surface area contributed by atoms with Crippen molar-refractivity contribution >= 4 is 28.7 Å². The van der Waals surface area contributed by atoms with Gasteiger partial charge in [0, 0.05) is 6.42 Å². The van der Waals surface area contributed by atoms with E-state index >= 15 is 0 Å². The largest absolute Gasteiger partial charge is 0.495 e. The molecule has 7 nitrogen and oxygen atoms in total. The standard InChI is InChI=1S/C21H22N2O5/c1-13-8-9-17(26-3)16(12-13)23-21(25)14(2)27-20(24)11-10-19-22-15-6-4-5-7-18(15)28-19/h4-9,12,14H,10-11H2,1-3H3,(H,23,25)/t14-/m0/s1. The maximum atomic E-state index is 12.3. The van der Waals surface area contributed by atoms with E-state index in [0.29, 0.717) is 29.3 Å². The number of methoxy groups -OCH3 is 1. The number of carbonyl (C=O) groups is 2. The van der Waals surface area contributed by atoms with E-state index in [9.17, 15) is 9.59 Å². The van der Waals surface area contributed by atoms with Gasteiger partial charge in [-0.3, -0.25) is 9.59 Å². The third kappa shape index (κ3) is 4.68. The molecule has 0 saturated carbocycles. The predicted molar refractivity (Wildman–Crippen MR) is 104 cm³/mol. The van der Waals surface area contributed by atoms with E-state index in [1.54, 1.807) is 12.1 Å². The number of hydrogen-bond acceptors (Lipinski definition) is 6. The second-order valence-corrected chi connectivity index (χ2v) is 6.40. The lowest BCUT2D eigenvalue weighted by atomic mass is 10.2. The van der Waals surface area contributed by atoms with Crippen LogP contribution in [0.3, 0.4) is 0 Å². The number of oxazole rings is 1. The molecule has 0 aliphatic rings. The first-order chi connectivity index (χ1) is 13.5. The molecule has 0 aliphatic carbocycles. The number of nitrogens with zero attached hydrogens (tertiary/aromatic N) is 1. The van der Waals surface area contributed by atoms with Crippen molar-refractivity contribution in [3.8, 4) is 5.75 Å². The van der Waals surface area contributed by atoms with E-state index < -0.39 is 18.0 Å². The zero-order chi connectivity index (χ0) is 20.1. The first kappa shape index (κ1) is 19.4. The van der Waals surface area contributed by atoms with Crippen molar-refractivity contribution < 1.29 is 23.5 Å². The van der Waals surface area contributed by atoms with Gasteiger partial charge in [0.1, 0.15) is 11.3 Å². The molecule has 0 fully saturated rings. The number of anilines is 1. The summed E-state index contributed by atoms with van der Waals surface area (Å²) in [5, 5.41) is 2.73. The van der Waals surface area contributed by atoms with Crippen LogP contribution >= 0.6 is 0 Å². The molecule has 0 saturated heterocycles. The Labute approximate surface area is 162 Å². The average molecular weight is 382 g/mol. The number of aromatic nitrogens is 1. The normalized spacial score (nSPS) is 11.8. The van der Waals surface area contributed by atoms with Gasteiger partial charge in [0.25, 0.3) is 5.91 Å². The number of amides is 1. The van der Waals surface area contributed by atoms with Gasteiger partial charge in [-0.05, 0) is 43.7 Å². The van der Waals surface area contributed by atoms with Crippen LogP contribution < -0.4 is 10.1 Å². The Balaban J connectivity index is 1.53. The lowest BCUT2D eigenvalue weighted by Crippen LogP contribution is -2.30. The first-order valence-corrected chi connectivity index (χ1v) is 8.95. The third-order valence-electron chi connectivity index (χ3n) is 4.17. The Morgan fingerprint density at radius 3 is 2.75 bits per heavy atom. The smallest absolute Gasteiger partial charge is 0.307 e. The fourth-order valence-corrected chi connectivity index (χ4v) is 2.70. The Bertz CT molecular complexity index is 962. The van der Waals surface area contributed by atoms with E-state index in [1.165, 1.54) is 14.0 Å². The lowest BCUT2D eigenvalue weighted by molar-refractivity contribution is -0.153. The number of benzene rings is 2. The van der Waals surface area contributed by atoms with Gasteiger partial charge in [0.2, 0.25) is 0 Å². The number of para-hydroxylation sites is 2. The highest BCUT2D eigenvalue weighted by Crippen LogP contribution is 2.25. The molecule has 0 radical (unpaired) electrons. The van der Waals surface area contributed by atoms with Crippen LogP contribution in [-0.4, -0.2) is 30.1 Å². The minimum atomic E-state index is -0.943. The minimum Gasteiger partial charge on any atom is -0.495 e. The van der Waals surface area contributed by atoms with E-state index in [-0.39, 0.29) is 6.42 Å². The predicted octanol–water partition coefficient (Wildman–Crippen LogP) is 3.65. The molecule has 28 heavy (non-hydrogen) atoms. The van der Waals surface area contributed by atoms with E-state index in [4.69, 9.17) is 13.9 Å². The molecular weight excluding hydrogens is 360 g/mol. The molecule has 1 aromatic heterocycles. The van der Waals surface area contributed by atoms with Crippen molar-refractivity contribution in [3.63, 3.8) is 0 Å². The monoisotopic (exact) mass is 382 g/mol. The van der Waals surface area contributed by atoms with Gasteiger partial charge in [-0.1, -0.05) is 18.2 Å². The van der Waals surface area contributed by atoms with Crippen LogP contribution in [-0.2, 0) is 20.7 Å². The van der Waals surface area contributed by atoms with Gasteiger partial charge in [0.15, 0.2) is 17.6 Å². The number of ether oxygens (including phenoxy) is 2. The number of nitrogens with one attached hydrogen (secondary N) is 1. The van der Waals surface area contributed by atoms with Crippen molar-refractivity contribution in [2.24, 2.45) is 0 Å². The molecule has 0 aliphatic heterocycles. The Kier molecular flexibility index (Phi) is 5.93. The number of rotatable bonds is 7. The molecule has 2 aromatic carbocycles. The molecule has 146 valence electrons. The summed E-state index contributed by atoms with van der Waals surface area (Å²) in [4.78, 5) is 28.7. The van der Waals surface area contributed by atoms with Crippen LogP contribution in [0, 0.1) is 6.92 Å². The maximum absolute atomic E-state index is 12.3. The summed E-state index contributed by atoms with van der Waals surface area (Å²) in [7, 11) is 1.52. The van der Waals surface area contributed by atoms with E-state index in [2.05, 4.69) is 10.3 Å². The average Bonchev–Trinajstić information content (AvgIpc) is 3.09. The van der Waals surface area contributed by atoms with Crippen molar-refractivity contribution in [2.45, 2.75) is 32.8 Å². The maximum Gasteiger partial charge on any atom is 0.307 e. The number of carbonyl (C=O) groups excluding carboxylic acids is 2. The van der Waals surface area contributed by atoms with Gasteiger partial charge in [-0.25, -0.2) is 4.98 Å². The van der Waals surface area contributed by atoms with Crippen molar-refractivity contribution in [1.29, 1.82) is 0 Å². The first-order valence-electron chi connectivity index (χ1n) is 8.95. The molecule has 7 heteroatoms. The Morgan fingerprint density at radius 2 is 2.00 bits per heavy atom. The van der Waals surface area contributed by atoms with E-state index in [0.717, 1.165) is 11.1 Å². The number of hydrogen-bond donors (Lipinski definition) is 1. The summed E-state index contributed by atoms with van der Waals surface area (Å²) in [5.74, 6) is 0.0633. The van der Waals surface area contributed by atoms with Crippen molar-refractivity contribution in [3.05, 3.63) is 53.9 Å². The third-order valence-corrected chi connectivity index (χ3v) is 4.17. The molecular formula is C21H22N2O5. The zero-order valence-electron chi connectivity index (χ0n) is 16.0. The molecule has 3 rings (SSSR count). The molecule has 1 heterocycles. The molecule has 0 unspecified atom stereocenters. The van der Waals surface area contributed by atoms with Crippen molar-refractivity contribution in [2.75, 3.05) is 12.4 Å². The Hall–Kier alpha value is -3.35. The van der Waals surface area contributed by atoms with Crippen molar-refractivity contribution in [1.82, 2.24) is 4.98 Å². The summed E-state index contributed by atoms with van der Waals surface area (Å²) >= 11 is 0. The molecule has 1 N–H and O–H groups in total. The quantitative estimate of drug-likeness (QED) is 0.627. The second kappa shape index (κ2) is 8.56. The van der Waals surface area contributed by atoms with E-state index in [1.807, 2.05) is 37.3 Å². The highest BCUT2D eigenvalue weighted by atomic mass is 16.5. The SMILES string of the molecule is COc1ccc(C)cc1NC(=O)[C@H](C)OC(=O)CCc1nc2ccccc2o1. The van der Waals surface area contributed by atoms with Crippen LogP contribution in [0.1, 0.15) is 24.8 Å². The molecule has 1 amide bonds. The molecule has 0 bridgehead atoms. The second-order valence-electron chi connectivity index (χ2n) is 6.40. The van der Waals surface area contributed by atoms with Gasteiger partial charge in [0.05, 0.1) is 19.2 Å². The summed E-state index contributed by atoms with van der Waals surface area (Å²) in [6.07, 6.45) is -0.576. The summed E-state index contributed by atoms with van der Waals surface area (Å²) < 4.78 is 16.0. The Morgan fingerprint density at radius 1 is 1.21 bits per heavy atom. The highest BCUT2D eigenvalue weighted by Gasteiger charge is 2.20. The van der Waals surface area contributed by atoms with Gasteiger partial charge < -0.3 is 19.2 Å². The summed E-state index contributed by atoms with van der Waals surface area (Å²) in [6.45, 7) is 3.43. The number of fused-ring (bicyclic) bond motifs is 1. The summed E-state index contributed by atoms with van der Waals surface area (Å²) in [6, 6.07) is 12.8. The van der Waals surface area contributed by atoms with Crippen LogP contribution in [0.4, 0.5) is 5.69 Å². The van der Waals surface area contributed by atoms with Crippen LogP contribution in [0.2, 0.25) is 0 Å². The molecule has 3 aromatic rings. The number of aryl methyl sites for hydroxylation is 2. The highest BCUT2D eigenvalue weighted by molar-refractivity contribution is 5.96.